The fourth-order valence-corrected chi connectivity index (χ4v) is 2.18. The number of morpholine rings is 1. The number of aliphatic hydroxyl groups is 1. The summed E-state index contributed by atoms with van der Waals surface area (Å²) in [5.74, 6) is 0.840. The Hall–Kier alpha value is -0.840. The van der Waals surface area contributed by atoms with E-state index in [1.54, 1.807) is 6.20 Å². The third kappa shape index (κ3) is 2.54. The minimum atomic E-state index is -0.0915. The molecule has 94 valence electrons. The second-order valence-corrected chi connectivity index (χ2v) is 5.22. The average Bonchev–Trinajstić information content (AvgIpc) is 2.30. The second kappa shape index (κ2) is 4.80. The standard InChI is InChI=1S/C12H17ClN2O2/c1-12(2)8-17-4-3-15(12)11-5-9(7-16)10(13)6-14-11/h5-6,16H,3-4,7-8H2,1-2H3. The smallest absolute Gasteiger partial charge is 0.129 e. The van der Waals surface area contributed by atoms with Crippen LogP contribution in [0.4, 0.5) is 5.82 Å². The van der Waals surface area contributed by atoms with Gasteiger partial charge in [0.15, 0.2) is 0 Å². The second-order valence-electron chi connectivity index (χ2n) is 4.81. The topological polar surface area (TPSA) is 45.6 Å². The molecule has 0 aromatic carbocycles. The van der Waals surface area contributed by atoms with E-state index in [9.17, 15) is 5.11 Å². The summed E-state index contributed by atoms with van der Waals surface area (Å²) in [6.45, 7) is 6.32. The molecule has 0 spiro atoms. The Morgan fingerprint density at radius 3 is 3.00 bits per heavy atom. The first-order valence-corrected chi connectivity index (χ1v) is 6.03. The Labute approximate surface area is 106 Å². The average molecular weight is 257 g/mol. The lowest BCUT2D eigenvalue weighted by atomic mass is 10.0. The van der Waals surface area contributed by atoms with Crippen molar-refractivity contribution >= 4 is 17.4 Å². The number of nitrogens with zero attached hydrogens (tertiary/aromatic N) is 2. The van der Waals surface area contributed by atoms with Gasteiger partial charge >= 0.3 is 0 Å². The molecule has 5 heteroatoms. The summed E-state index contributed by atoms with van der Waals surface area (Å²) in [5, 5.41) is 9.72. The summed E-state index contributed by atoms with van der Waals surface area (Å²) in [7, 11) is 0. The van der Waals surface area contributed by atoms with Crippen molar-refractivity contribution in [2.75, 3.05) is 24.7 Å². The Kier molecular flexibility index (Phi) is 3.56. The fraction of sp³-hybridized carbons (Fsp3) is 0.583. The highest BCUT2D eigenvalue weighted by Gasteiger charge is 2.31. The van der Waals surface area contributed by atoms with Crippen molar-refractivity contribution < 1.29 is 9.84 Å². The van der Waals surface area contributed by atoms with Crippen LogP contribution in [0.2, 0.25) is 5.02 Å². The number of ether oxygens (including phenoxy) is 1. The Balaban J connectivity index is 2.32. The molecule has 1 fully saturated rings. The van der Waals surface area contributed by atoms with Crippen molar-refractivity contribution in [1.29, 1.82) is 0 Å². The highest BCUT2D eigenvalue weighted by atomic mass is 35.5. The van der Waals surface area contributed by atoms with Crippen molar-refractivity contribution in [3.8, 4) is 0 Å². The van der Waals surface area contributed by atoms with Gasteiger partial charge in [-0.15, -0.1) is 0 Å². The Morgan fingerprint density at radius 1 is 1.59 bits per heavy atom. The van der Waals surface area contributed by atoms with Gasteiger partial charge in [0, 0.05) is 18.3 Å². The predicted molar refractivity (Wildman–Crippen MR) is 67.4 cm³/mol. The van der Waals surface area contributed by atoms with Gasteiger partial charge in [-0.3, -0.25) is 0 Å². The van der Waals surface area contributed by atoms with Gasteiger partial charge < -0.3 is 14.7 Å². The predicted octanol–water partition coefficient (Wildman–Crippen LogP) is 1.84. The molecule has 4 nitrogen and oxygen atoms in total. The van der Waals surface area contributed by atoms with E-state index in [4.69, 9.17) is 16.3 Å². The van der Waals surface area contributed by atoms with E-state index in [1.165, 1.54) is 0 Å². The molecule has 0 atom stereocenters. The van der Waals surface area contributed by atoms with Crippen LogP contribution in [0.25, 0.3) is 0 Å². The van der Waals surface area contributed by atoms with E-state index >= 15 is 0 Å². The van der Waals surface area contributed by atoms with Crippen molar-refractivity contribution in [2.45, 2.75) is 26.0 Å². The molecule has 0 amide bonds. The molecular formula is C12H17ClN2O2. The first kappa shape index (κ1) is 12.6. The van der Waals surface area contributed by atoms with Gasteiger partial charge in [0.05, 0.1) is 30.4 Å². The maximum absolute atomic E-state index is 9.22. The van der Waals surface area contributed by atoms with Crippen LogP contribution < -0.4 is 4.90 Å². The molecule has 1 aliphatic rings. The summed E-state index contributed by atoms with van der Waals surface area (Å²) in [5.41, 5.74) is 0.616. The van der Waals surface area contributed by atoms with Crippen LogP contribution >= 0.6 is 11.6 Å². The van der Waals surface area contributed by atoms with Crippen LogP contribution in [-0.4, -0.2) is 35.4 Å². The normalized spacial score (nSPS) is 19.4. The molecule has 0 radical (unpaired) electrons. The lowest BCUT2D eigenvalue weighted by Crippen LogP contribution is -2.53. The third-order valence-corrected chi connectivity index (χ3v) is 3.35. The molecule has 1 aromatic heterocycles. The molecule has 1 N–H and O–H groups in total. The van der Waals surface area contributed by atoms with E-state index in [-0.39, 0.29) is 12.1 Å². The molecule has 17 heavy (non-hydrogen) atoms. The number of hydrogen-bond donors (Lipinski definition) is 1. The van der Waals surface area contributed by atoms with Crippen molar-refractivity contribution in [3.63, 3.8) is 0 Å². The number of halogens is 1. The number of aliphatic hydroxyl groups excluding tert-OH is 1. The Bertz CT molecular complexity index is 409. The van der Waals surface area contributed by atoms with E-state index in [0.29, 0.717) is 23.8 Å². The maximum atomic E-state index is 9.22. The molecule has 0 bridgehead atoms. The van der Waals surface area contributed by atoms with Crippen LogP contribution in [0.3, 0.4) is 0 Å². The molecule has 2 rings (SSSR count). The third-order valence-electron chi connectivity index (χ3n) is 3.01. The fourth-order valence-electron chi connectivity index (χ4n) is 2.02. The minimum Gasteiger partial charge on any atom is -0.392 e. The highest BCUT2D eigenvalue weighted by molar-refractivity contribution is 6.31. The number of hydrogen-bond acceptors (Lipinski definition) is 4. The zero-order valence-electron chi connectivity index (χ0n) is 10.1. The summed E-state index contributed by atoms with van der Waals surface area (Å²) >= 11 is 5.94. The summed E-state index contributed by atoms with van der Waals surface area (Å²) in [6, 6.07) is 1.84. The van der Waals surface area contributed by atoms with Gasteiger partial charge in [0.2, 0.25) is 0 Å². The van der Waals surface area contributed by atoms with Gasteiger partial charge in [-0.1, -0.05) is 11.6 Å². The molecule has 1 aromatic rings. The molecule has 2 heterocycles. The van der Waals surface area contributed by atoms with Crippen LogP contribution in [-0.2, 0) is 11.3 Å². The molecule has 0 saturated carbocycles. The quantitative estimate of drug-likeness (QED) is 0.877. The van der Waals surface area contributed by atoms with Crippen LogP contribution in [0, 0.1) is 0 Å². The molecule has 1 saturated heterocycles. The number of aromatic nitrogens is 1. The highest BCUT2D eigenvalue weighted by Crippen LogP contribution is 2.27. The van der Waals surface area contributed by atoms with Crippen molar-refractivity contribution in [2.24, 2.45) is 0 Å². The largest absolute Gasteiger partial charge is 0.392 e. The van der Waals surface area contributed by atoms with E-state index in [0.717, 1.165) is 12.4 Å². The van der Waals surface area contributed by atoms with E-state index < -0.39 is 0 Å². The van der Waals surface area contributed by atoms with Gasteiger partial charge in [0.1, 0.15) is 5.82 Å². The number of anilines is 1. The zero-order chi connectivity index (χ0) is 12.5. The Morgan fingerprint density at radius 2 is 2.35 bits per heavy atom. The van der Waals surface area contributed by atoms with Gasteiger partial charge in [-0.2, -0.15) is 0 Å². The first-order valence-electron chi connectivity index (χ1n) is 5.65. The molecule has 0 aliphatic carbocycles. The molecule has 0 unspecified atom stereocenters. The number of rotatable bonds is 2. The van der Waals surface area contributed by atoms with Crippen molar-refractivity contribution in [3.05, 3.63) is 22.8 Å². The minimum absolute atomic E-state index is 0.0703. The van der Waals surface area contributed by atoms with E-state index in [1.807, 2.05) is 6.07 Å². The monoisotopic (exact) mass is 256 g/mol. The van der Waals surface area contributed by atoms with Crippen LogP contribution in [0.15, 0.2) is 12.3 Å². The zero-order valence-corrected chi connectivity index (χ0v) is 10.9. The lowest BCUT2D eigenvalue weighted by Gasteiger charge is -2.43. The maximum Gasteiger partial charge on any atom is 0.129 e. The van der Waals surface area contributed by atoms with Crippen LogP contribution in [0.1, 0.15) is 19.4 Å². The molecular weight excluding hydrogens is 240 g/mol. The molecule has 1 aliphatic heterocycles. The number of pyridine rings is 1. The van der Waals surface area contributed by atoms with Gasteiger partial charge in [-0.25, -0.2) is 4.98 Å². The summed E-state index contributed by atoms with van der Waals surface area (Å²) in [6.07, 6.45) is 1.59. The SMILES string of the molecule is CC1(C)COCCN1c1cc(CO)c(Cl)cn1. The van der Waals surface area contributed by atoms with E-state index in [2.05, 4.69) is 23.7 Å². The first-order chi connectivity index (χ1) is 8.04. The lowest BCUT2D eigenvalue weighted by molar-refractivity contribution is 0.0639. The van der Waals surface area contributed by atoms with Crippen molar-refractivity contribution in [1.82, 2.24) is 4.98 Å². The summed E-state index contributed by atoms with van der Waals surface area (Å²) in [4.78, 5) is 6.52. The van der Waals surface area contributed by atoms with Crippen LogP contribution in [0.5, 0.6) is 0 Å². The van der Waals surface area contributed by atoms with Gasteiger partial charge in [0.25, 0.3) is 0 Å². The van der Waals surface area contributed by atoms with Gasteiger partial charge in [-0.05, 0) is 19.9 Å². The summed E-state index contributed by atoms with van der Waals surface area (Å²) < 4.78 is 5.47.